The van der Waals surface area contributed by atoms with Crippen molar-refractivity contribution in [2.75, 3.05) is 23.3 Å². The number of amides is 2. The van der Waals surface area contributed by atoms with Gasteiger partial charge in [-0.15, -0.1) is 0 Å². The van der Waals surface area contributed by atoms with Crippen LogP contribution in [0.5, 0.6) is 0 Å². The quantitative estimate of drug-likeness (QED) is 0.641. The van der Waals surface area contributed by atoms with Gasteiger partial charge in [0.05, 0.1) is 9.92 Å². The molecule has 1 atom stereocenters. The Kier molecular flexibility index (Phi) is 6.35. The molecule has 5 rings (SSSR count). The molecule has 10 heteroatoms. The molecule has 0 bridgehead atoms. The summed E-state index contributed by atoms with van der Waals surface area (Å²) >= 11 is 5.77. The SMILES string of the molecule is CC1Cc2cc(S(=O)(=O)N3CCC(C(=O)Nc4ccc(F)c(Cl)c4)CC3)ccc2N1C(=O)C1CC1. The number of benzene rings is 2. The fourth-order valence-electron chi connectivity index (χ4n) is 4.96. The molecule has 0 radical (unpaired) electrons. The van der Waals surface area contributed by atoms with Crippen molar-refractivity contribution >= 4 is 44.8 Å². The first kappa shape index (κ1) is 24.2. The highest BCUT2D eigenvalue weighted by Gasteiger charge is 2.40. The number of piperidine rings is 1. The van der Waals surface area contributed by atoms with Gasteiger partial charge in [-0.3, -0.25) is 9.59 Å². The molecular weight excluding hydrogens is 493 g/mol. The van der Waals surface area contributed by atoms with Crippen LogP contribution < -0.4 is 10.2 Å². The zero-order valence-corrected chi connectivity index (χ0v) is 20.9. The van der Waals surface area contributed by atoms with Crippen LogP contribution in [0, 0.1) is 17.7 Å². The van der Waals surface area contributed by atoms with Crippen molar-refractivity contribution in [3.05, 3.63) is 52.8 Å². The minimum Gasteiger partial charge on any atom is -0.326 e. The van der Waals surface area contributed by atoms with Crippen LogP contribution in [0.15, 0.2) is 41.3 Å². The molecule has 7 nitrogen and oxygen atoms in total. The number of carbonyl (C=O) groups excluding carboxylic acids is 2. The van der Waals surface area contributed by atoms with E-state index in [9.17, 15) is 22.4 Å². The number of hydrogen-bond acceptors (Lipinski definition) is 4. The van der Waals surface area contributed by atoms with Crippen molar-refractivity contribution in [3.8, 4) is 0 Å². The Balaban J connectivity index is 1.24. The number of halogens is 2. The number of nitrogens with zero attached hydrogens (tertiary/aromatic N) is 2. The van der Waals surface area contributed by atoms with E-state index >= 15 is 0 Å². The zero-order chi connectivity index (χ0) is 24.9. The van der Waals surface area contributed by atoms with Gasteiger partial charge in [-0.2, -0.15) is 4.31 Å². The van der Waals surface area contributed by atoms with Crippen LogP contribution in [0.25, 0.3) is 0 Å². The molecule has 1 N–H and O–H groups in total. The number of carbonyl (C=O) groups is 2. The average molecular weight is 520 g/mol. The highest BCUT2D eigenvalue weighted by Crippen LogP contribution is 2.40. The summed E-state index contributed by atoms with van der Waals surface area (Å²) in [5.41, 5.74) is 2.09. The molecule has 3 aliphatic rings. The third-order valence-corrected chi connectivity index (χ3v) is 9.26. The van der Waals surface area contributed by atoms with Crippen LogP contribution in [-0.2, 0) is 26.0 Å². The number of rotatable bonds is 5. The first-order valence-electron chi connectivity index (χ1n) is 11.9. The summed E-state index contributed by atoms with van der Waals surface area (Å²) in [6.45, 7) is 2.44. The van der Waals surface area contributed by atoms with E-state index in [2.05, 4.69) is 5.32 Å². The summed E-state index contributed by atoms with van der Waals surface area (Å²) in [4.78, 5) is 27.4. The molecule has 2 fully saturated rings. The number of anilines is 2. The van der Waals surface area contributed by atoms with Gasteiger partial charge in [-0.1, -0.05) is 11.6 Å². The van der Waals surface area contributed by atoms with Crippen LogP contribution in [0.2, 0.25) is 5.02 Å². The number of sulfonamides is 1. The van der Waals surface area contributed by atoms with Crippen molar-refractivity contribution < 1.29 is 22.4 Å². The van der Waals surface area contributed by atoms with E-state index in [4.69, 9.17) is 11.6 Å². The smallest absolute Gasteiger partial charge is 0.243 e. The topological polar surface area (TPSA) is 86.8 Å². The number of hydrogen-bond donors (Lipinski definition) is 1. The maximum atomic E-state index is 13.3. The van der Waals surface area contributed by atoms with Gasteiger partial charge in [0.15, 0.2) is 0 Å². The minimum absolute atomic E-state index is 0.0151. The average Bonchev–Trinajstić information content (AvgIpc) is 3.63. The number of nitrogens with one attached hydrogen (secondary N) is 1. The molecule has 1 saturated heterocycles. The molecule has 0 aromatic heterocycles. The third-order valence-electron chi connectivity index (χ3n) is 7.08. The molecule has 1 saturated carbocycles. The molecule has 1 unspecified atom stereocenters. The Labute approximate surface area is 209 Å². The summed E-state index contributed by atoms with van der Waals surface area (Å²) in [6, 6.07) is 9.01. The third kappa shape index (κ3) is 4.69. The fraction of sp³-hybridized carbons (Fsp3) is 0.440. The summed E-state index contributed by atoms with van der Waals surface area (Å²) in [5.74, 6) is -0.920. The van der Waals surface area contributed by atoms with Gasteiger partial charge in [0.2, 0.25) is 21.8 Å². The molecule has 2 aromatic rings. The van der Waals surface area contributed by atoms with Crippen molar-refractivity contribution in [2.24, 2.45) is 11.8 Å². The van der Waals surface area contributed by atoms with Gasteiger partial charge < -0.3 is 10.2 Å². The molecule has 2 amide bonds. The Morgan fingerprint density at radius 3 is 2.40 bits per heavy atom. The second-order valence-electron chi connectivity index (χ2n) is 9.62. The lowest BCUT2D eigenvalue weighted by atomic mass is 9.97. The summed E-state index contributed by atoms with van der Waals surface area (Å²) in [6.07, 6.45) is 3.25. The van der Waals surface area contributed by atoms with E-state index < -0.39 is 15.8 Å². The van der Waals surface area contributed by atoms with E-state index in [-0.39, 0.29) is 52.7 Å². The Bertz CT molecular complexity index is 1290. The lowest BCUT2D eigenvalue weighted by Crippen LogP contribution is -2.41. The van der Waals surface area contributed by atoms with Gasteiger partial charge in [-0.05, 0) is 81.0 Å². The molecule has 186 valence electrons. The Morgan fingerprint density at radius 1 is 1.03 bits per heavy atom. The summed E-state index contributed by atoms with van der Waals surface area (Å²) in [7, 11) is -3.72. The first-order chi connectivity index (χ1) is 16.6. The van der Waals surface area contributed by atoms with Crippen molar-refractivity contribution in [1.82, 2.24) is 4.31 Å². The molecule has 2 aromatic carbocycles. The normalized spacial score (nSPS) is 21.1. The summed E-state index contributed by atoms with van der Waals surface area (Å²) < 4.78 is 41.4. The standard InChI is InChI=1S/C25H27ClFN3O4S/c1-15-12-18-13-20(5-7-23(18)30(15)25(32)17-2-3-17)35(33,34)29-10-8-16(9-11-29)24(31)28-19-4-6-22(27)21(26)14-19/h4-7,13-17H,2-3,8-12H2,1H3,(H,28,31). The van der Waals surface area contributed by atoms with Crippen LogP contribution in [0.3, 0.4) is 0 Å². The van der Waals surface area contributed by atoms with E-state index in [0.29, 0.717) is 24.9 Å². The maximum absolute atomic E-state index is 13.3. The van der Waals surface area contributed by atoms with Crippen LogP contribution in [0.1, 0.15) is 38.2 Å². The predicted octanol–water partition coefficient (Wildman–Crippen LogP) is 4.21. The molecule has 1 aliphatic carbocycles. The number of fused-ring (bicyclic) bond motifs is 1. The van der Waals surface area contributed by atoms with Gasteiger partial charge in [0, 0.05) is 42.3 Å². The van der Waals surface area contributed by atoms with Crippen molar-refractivity contribution in [3.63, 3.8) is 0 Å². The first-order valence-corrected chi connectivity index (χ1v) is 13.7. The molecule has 35 heavy (non-hydrogen) atoms. The lowest BCUT2D eigenvalue weighted by molar-refractivity contribution is -0.121. The molecule has 0 spiro atoms. The molecular formula is C25H27ClFN3O4S. The highest BCUT2D eigenvalue weighted by atomic mass is 35.5. The van der Waals surface area contributed by atoms with E-state index in [1.807, 2.05) is 11.8 Å². The zero-order valence-electron chi connectivity index (χ0n) is 19.3. The van der Waals surface area contributed by atoms with Crippen molar-refractivity contribution in [1.29, 1.82) is 0 Å². The van der Waals surface area contributed by atoms with Gasteiger partial charge >= 0.3 is 0 Å². The minimum atomic E-state index is -3.72. The largest absolute Gasteiger partial charge is 0.326 e. The van der Waals surface area contributed by atoms with Crippen LogP contribution in [-0.4, -0.2) is 43.7 Å². The monoisotopic (exact) mass is 519 g/mol. The van der Waals surface area contributed by atoms with Gasteiger partial charge in [0.1, 0.15) is 5.82 Å². The van der Waals surface area contributed by atoms with Crippen LogP contribution >= 0.6 is 11.6 Å². The second kappa shape index (κ2) is 9.19. The molecule has 2 aliphatic heterocycles. The van der Waals surface area contributed by atoms with Crippen molar-refractivity contribution in [2.45, 2.75) is 50.0 Å². The fourth-order valence-corrected chi connectivity index (χ4v) is 6.66. The van der Waals surface area contributed by atoms with Crippen LogP contribution in [0.4, 0.5) is 15.8 Å². The second-order valence-corrected chi connectivity index (χ2v) is 12.0. The Hall–Kier alpha value is -2.49. The van der Waals surface area contributed by atoms with E-state index in [1.54, 1.807) is 18.2 Å². The lowest BCUT2D eigenvalue weighted by Gasteiger charge is -2.30. The Morgan fingerprint density at radius 2 is 1.74 bits per heavy atom. The highest BCUT2D eigenvalue weighted by molar-refractivity contribution is 7.89. The predicted molar refractivity (Wildman–Crippen MR) is 131 cm³/mol. The van der Waals surface area contributed by atoms with Gasteiger partial charge in [-0.25, -0.2) is 12.8 Å². The molecule has 2 heterocycles. The maximum Gasteiger partial charge on any atom is 0.243 e. The summed E-state index contributed by atoms with van der Waals surface area (Å²) in [5, 5.41) is 2.66. The van der Waals surface area contributed by atoms with E-state index in [1.165, 1.54) is 22.5 Å². The van der Waals surface area contributed by atoms with E-state index in [0.717, 1.165) is 24.1 Å². The van der Waals surface area contributed by atoms with Gasteiger partial charge in [0.25, 0.3) is 0 Å².